The average Bonchev–Trinajstić information content (AvgIpc) is 2.77. The molecule has 1 unspecified atom stereocenters. The van der Waals surface area contributed by atoms with Gasteiger partial charge in [0.2, 0.25) is 6.10 Å². The Bertz CT molecular complexity index is 826. The highest BCUT2D eigenvalue weighted by molar-refractivity contribution is 5.80. The Morgan fingerprint density at radius 3 is 2.37 bits per heavy atom. The Kier molecular flexibility index (Phi) is 7.89. The van der Waals surface area contributed by atoms with E-state index in [1.807, 2.05) is 37.3 Å². The van der Waals surface area contributed by atoms with Crippen LogP contribution in [-0.4, -0.2) is 23.1 Å². The number of esters is 2. The van der Waals surface area contributed by atoms with E-state index < -0.39 is 12.1 Å². The number of hydrogen-bond donors (Lipinski definition) is 1. The molecule has 5 heteroatoms. The minimum absolute atomic E-state index is 0.103. The summed E-state index contributed by atoms with van der Waals surface area (Å²) < 4.78 is 11.1. The molecule has 30 heavy (non-hydrogen) atoms. The van der Waals surface area contributed by atoms with Crippen LogP contribution in [0, 0.1) is 11.8 Å². The summed E-state index contributed by atoms with van der Waals surface area (Å²) in [6, 6.07) is 16.0. The molecule has 1 N–H and O–H groups in total. The molecule has 160 valence electrons. The predicted molar refractivity (Wildman–Crippen MR) is 114 cm³/mol. The van der Waals surface area contributed by atoms with Crippen molar-refractivity contribution in [3.63, 3.8) is 0 Å². The summed E-state index contributed by atoms with van der Waals surface area (Å²) in [5.41, 5.74) is 1.57. The van der Waals surface area contributed by atoms with Crippen LogP contribution in [0.15, 0.2) is 54.6 Å². The van der Waals surface area contributed by atoms with Gasteiger partial charge in [-0.2, -0.15) is 0 Å². The molecule has 3 rings (SSSR count). The van der Waals surface area contributed by atoms with Gasteiger partial charge in [0, 0.05) is 6.42 Å². The van der Waals surface area contributed by atoms with Crippen molar-refractivity contribution in [3.05, 3.63) is 65.7 Å². The number of aromatic hydroxyl groups is 1. The molecule has 1 aliphatic carbocycles. The maximum Gasteiger partial charge on any atom is 0.348 e. The van der Waals surface area contributed by atoms with E-state index in [2.05, 4.69) is 0 Å². The number of phenolic OH excluding ortho intramolecular Hbond substituents is 1. The van der Waals surface area contributed by atoms with E-state index in [4.69, 9.17) is 9.47 Å². The van der Waals surface area contributed by atoms with Gasteiger partial charge >= 0.3 is 11.9 Å². The zero-order valence-corrected chi connectivity index (χ0v) is 17.5. The zero-order chi connectivity index (χ0) is 21.3. The molecule has 2 aromatic carbocycles. The summed E-state index contributed by atoms with van der Waals surface area (Å²) in [6.45, 7) is 2.00. The molecule has 0 heterocycles. The number of phenols is 1. The number of hydrogen-bond acceptors (Lipinski definition) is 5. The van der Waals surface area contributed by atoms with Crippen molar-refractivity contribution in [2.45, 2.75) is 58.2 Å². The first-order chi connectivity index (χ1) is 14.5. The monoisotopic (exact) mass is 410 g/mol. The van der Waals surface area contributed by atoms with Crippen LogP contribution in [0.25, 0.3) is 0 Å². The van der Waals surface area contributed by atoms with Crippen LogP contribution in [0.1, 0.15) is 50.2 Å². The fraction of sp³-hybridized carbons (Fsp3) is 0.440. The fourth-order valence-corrected chi connectivity index (χ4v) is 3.97. The van der Waals surface area contributed by atoms with Crippen LogP contribution < -0.4 is 0 Å². The van der Waals surface area contributed by atoms with Gasteiger partial charge in [-0.15, -0.1) is 0 Å². The fourth-order valence-electron chi connectivity index (χ4n) is 3.97. The molecule has 5 nitrogen and oxygen atoms in total. The van der Waals surface area contributed by atoms with E-state index in [0.717, 1.165) is 31.2 Å². The van der Waals surface area contributed by atoms with E-state index in [1.165, 1.54) is 6.42 Å². The molecule has 0 bridgehead atoms. The normalized spacial score (nSPS) is 16.4. The molecule has 0 radical (unpaired) electrons. The van der Waals surface area contributed by atoms with E-state index in [9.17, 15) is 14.7 Å². The Morgan fingerprint density at radius 2 is 1.67 bits per heavy atom. The molecular weight excluding hydrogens is 380 g/mol. The Morgan fingerprint density at radius 1 is 0.967 bits per heavy atom. The van der Waals surface area contributed by atoms with Crippen LogP contribution in [-0.2, 0) is 32.1 Å². The lowest BCUT2D eigenvalue weighted by Gasteiger charge is -2.27. The highest BCUT2D eigenvalue weighted by Gasteiger charge is 2.31. The van der Waals surface area contributed by atoms with Crippen molar-refractivity contribution in [2.75, 3.05) is 0 Å². The molecule has 0 aliphatic heterocycles. The van der Waals surface area contributed by atoms with Gasteiger partial charge in [-0.3, -0.25) is 4.79 Å². The summed E-state index contributed by atoms with van der Waals surface area (Å²) in [5.74, 6) is -0.784. The van der Waals surface area contributed by atoms with Crippen molar-refractivity contribution in [1.82, 2.24) is 0 Å². The lowest BCUT2D eigenvalue weighted by molar-refractivity contribution is -0.172. The summed E-state index contributed by atoms with van der Waals surface area (Å²) >= 11 is 0. The van der Waals surface area contributed by atoms with Gasteiger partial charge in [-0.05, 0) is 42.0 Å². The summed E-state index contributed by atoms with van der Waals surface area (Å²) in [4.78, 5) is 25.6. The highest BCUT2D eigenvalue weighted by Crippen LogP contribution is 2.31. The Labute approximate surface area is 178 Å². The Balaban J connectivity index is 1.67. The van der Waals surface area contributed by atoms with Crippen LogP contribution in [0.2, 0.25) is 0 Å². The van der Waals surface area contributed by atoms with E-state index >= 15 is 0 Å². The largest absolute Gasteiger partial charge is 0.508 e. The van der Waals surface area contributed by atoms with Gasteiger partial charge in [0.05, 0.1) is 5.92 Å². The first-order valence-corrected chi connectivity index (χ1v) is 10.7. The number of rotatable bonds is 8. The maximum atomic E-state index is 12.8. The minimum Gasteiger partial charge on any atom is -0.508 e. The number of benzene rings is 2. The minimum atomic E-state index is -1.05. The molecule has 2 aromatic rings. The van der Waals surface area contributed by atoms with Gasteiger partial charge in [0.15, 0.2) is 0 Å². The third-order valence-corrected chi connectivity index (χ3v) is 5.81. The highest BCUT2D eigenvalue weighted by atomic mass is 16.6. The quantitative estimate of drug-likeness (QED) is 0.633. The van der Waals surface area contributed by atoms with Crippen LogP contribution in [0.4, 0.5) is 0 Å². The van der Waals surface area contributed by atoms with Crippen molar-refractivity contribution < 1.29 is 24.2 Å². The first-order valence-electron chi connectivity index (χ1n) is 10.7. The molecule has 1 aliphatic rings. The SMILES string of the molecule is C[C@H](C(=O)OC(Cc1cccc(O)c1)C(=O)OCc1ccccc1)C1CCCCC1. The third-order valence-electron chi connectivity index (χ3n) is 5.81. The number of carbonyl (C=O) groups excluding carboxylic acids is 2. The molecule has 0 spiro atoms. The first kappa shape index (κ1) is 21.9. The number of ether oxygens (including phenoxy) is 2. The molecule has 1 fully saturated rings. The smallest absolute Gasteiger partial charge is 0.348 e. The van der Waals surface area contributed by atoms with Crippen molar-refractivity contribution in [2.24, 2.45) is 11.8 Å². The van der Waals surface area contributed by atoms with Crippen molar-refractivity contribution in [3.8, 4) is 5.75 Å². The predicted octanol–water partition coefficient (Wildman–Crippen LogP) is 4.81. The van der Waals surface area contributed by atoms with E-state index in [1.54, 1.807) is 24.3 Å². The van der Waals surface area contributed by atoms with Gasteiger partial charge in [0.25, 0.3) is 0 Å². The molecular formula is C25H30O5. The lowest BCUT2D eigenvalue weighted by Crippen LogP contribution is -2.35. The van der Waals surface area contributed by atoms with Crippen molar-refractivity contribution in [1.29, 1.82) is 0 Å². The number of carbonyl (C=O) groups is 2. The molecule has 0 aromatic heterocycles. The summed E-state index contributed by atoms with van der Waals surface area (Å²) in [6.07, 6.45) is 4.63. The average molecular weight is 411 g/mol. The molecule has 0 amide bonds. The summed E-state index contributed by atoms with van der Waals surface area (Å²) in [7, 11) is 0. The maximum absolute atomic E-state index is 12.8. The molecule has 0 saturated heterocycles. The van der Waals surface area contributed by atoms with Crippen LogP contribution in [0.3, 0.4) is 0 Å². The second-order valence-electron chi connectivity index (χ2n) is 8.08. The van der Waals surface area contributed by atoms with Gasteiger partial charge in [-0.1, -0.05) is 68.7 Å². The topological polar surface area (TPSA) is 72.8 Å². The Hall–Kier alpha value is -2.82. The molecule has 2 atom stereocenters. The van der Waals surface area contributed by atoms with E-state index in [0.29, 0.717) is 11.5 Å². The second-order valence-corrected chi connectivity index (χ2v) is 8.08. The van der Waals surface area contributed by atoms with Crippen LogP contribution in [0.5, 0.6) is 5.75 Å². The standard InChI is InChI=1S/C25H30O5/c1-18(21-12-6-3-7-13-21)24(27)30-23(16-20-11-8-14-22(26)15-20)25(28)29-17-19-9-4-2-5-10-19/h2,4-5,8-11,14-15,18,21,23,26H,3,6-7,12-13,16-17H2,1H3/t18-,23?/m0/s1. The zero-order valence-electron chi connectivity index (χ0n) is 17.5. The van der Waals surface area contributed by atoms with Crippen molar-refractivity contribution >= 4 is 11.9 Å². The van der Waals surface area contributed by atoms with Crippen LogP contribution >= 0.6 is 0 Å². The van der Waals surface area contributed by atoms with Gasteiger partial charge in [0.1, 0.15) is 12.4 Å². The van der Waals surface area contributed by atoms with E-state index in [-0.39, 0.29) is 30.7 Å². The lowest BCUT2D eigenvalue weighted by atomic mass is 9.81. The molecule has 1 saturated carbocycles. The second kappa shape index (κ2) is 10.8. The van der Waals surface area contributed by atoms with Gasteiger partial charge in [-0.25, -0.2) is 4.79 Å². The third kappa shape index (κ3) is 6.34. The summed E-state index contributed by atoms with van der Waals surface area (Å²) in [5, 5.41) is 9.73. The van der Waals surface area contributed by atoms with Gasteiger partial charge < -0.3 is 14.6 Å².